The summed E-state index contributed by atoms with van der Waals surface area (Å²) in [4.78, 5) is 0. The van der Waals surface area contributed by atoms with Crippen LogP contribution in [0.25, 0.3) is 0 Å². The molecule has 15 heavy (non-hydrogen) atoms. The molecule has 2 rings (SSSR count). The van der Waals surface area contributed by atoms with Crippen molar-refractivity contribution < 1.29 is 9.84 Å². The van der Waals surface area contributed by atoms with Gasteiger partial charge in [0.15, 0.2) is 0 Å². The standard InChI is InChI=1S/C12H23NO2/c1-9(11-5-6-15-8-11)13-12-4-2-3-10(12)7-14/h9-14H,2-8H2,1H3. The Morgan fingerprint density at radius 3 is 2.93 bits per heavy atom. The van der Waals surface area contributed by atoms with E-state index in [9.17, 15) is 5.11 Å². The smallest absolute Gasteiger partial charge is 0.0509 e. The van der Waals surface area contributed by atoms with E-state index in [2.05, 4.69) is 12.2 Å². The third kappa shape index (κ3) is 2.71. The molecule has 1 aliphatic carbocycles. The summed E-state index contributed by atoms with van der Waals surface area (Å²) < 4.78 is 5.41. The summed E-state index contributed by atoms with van der Waals surface area (Å²) in [6.07, 6.45) is 4.85. The van der Waals surface area contributed by atoms with Crippen molar-refractivity contribution in [2.24, 2.45) is 11.8 Å². The van der Waals surface area contributed by atoms with Gasteiger partial charge in [-0.1, -0.05) is 6.42 Å². The second-order valence-electron chi connectivity index (χ2n) is 5.06. The molecule has 0 bridgehead atoms. The van der Waals surface area contributed by atoms with Gasteiger partial charge in [0.25, 0.3) is 0 Å². The second-order valence-corrected chi connectivity index (χ2v) is 5.06. The molecule has 0 amide bonds. The molecule has 0 aromatic heterocycles. The first-order chi connectivity index (χ1) is 7.31. The molecular formula is C12H23NO2. The van der Waals surface area contributed by atoms with Gasteiger partial charge in [0.2, 0.25) is 0 Å². The molecule has 88 valence electrons. The van der Waals surface area contributed by atoms with E-state index < -0.39 is 0 Å². The van der Waals surface area contributed by atoms with Crippen LogP contribution in [0, 0.1) is 11.8 Å². The summed E-state index contributed by atoms with van der Waals surface area (Å²) >= 11 is 0. The lowest BCUT2D eigenvalue weighted by Crippen LogP contribution is -2.43. The predicted molar refractivity (Wildman–Crippen MR) is 59.7 cm³/mol. The van der Waals surface area contributed by atoms with Crippen molar-refractivity contribution in [1.29, 1.82) is 0 Å². The van der Waals surface area contributed by atoms with E-state index in [0.29, 0.717) is 30.5 Å². The molecule has 1 saturated carbocycles. The fraction of sp³-hybridized carbons (Fsp3) is 1.00. The van der Waals surface area contributed by atoms with Gasteiger partial charge >= 0.3 is 0 Å². The fourth-order valence-electron chi connectivity index (χ4n) is 2.90. The maximum Gasteiger partial charge on any atom is 0.0509 e. The molecule has 3 heteroatoms. The quantitative estimate of drug-likeness (QED) is 0.736. The van der Waals surface area contributed by atoms with Crippen LogP contribution in [0.1, 0.15) is 32.6 Å². The third-order valence-electron chi connectivity index (χ3n) is 4.04. The van der Waals surface area contributed by atoms with Crippen LogP contribution in [0.5, 0.6) is 0 Å². The molecule has 2 aliphatic rings. The Kier molecular flexibility index (Phi) is 4.00. The van der Waals surface area contributed by atoms with E-state index in [0.717, 1.165) is 13.2 Å². The van der Waals surface area contributed by atoms with Crippen molar-refractivity contribution in [3.63, 3.8) is 0 Å². The van der Waals surface area contributed by atoms with Crippen LogP contribution in [0.3, 0.4) is 0 Å². The number of rotatable bonds is 4. The Morgan fingerprint density at radius 2 is 2.27 bits per heavy atom. The molecule has 1 aliphatic heterocycles. The van der Waals surface area contributed by atoms with Crippen molar-refractivity contribution in [2.75, 3.05) is 19.8 Å². The van der Waals surface area contributed by atoms with Gasteiger partial charge in [-0.3, -0.25) is 0 Å². The summed E-state index contributed by atoms with van der Waals surface area (Å²) in [6.45, 7) is 4.42. The van der Waals surface area contributed by atoms with Crippen LogP contribution in [0.2, 0.25) is 0 Å². The number of hydrogen-bond donors (Lipinski definition) is 2. The molecule has 1 saturated heterocycles. The largest absolute Gasteiger partial charge is 0.396 e. The van der Waals surface area contributed by atoms with E-state index >= 15 is 0 Å². The van der Waals surface area contributed by atoms with Crippen LogP contribution in [0.4, 0.5) is 0 Å². The van der Waals surface area contributed by atoms with Crippen LogP contribution in [-0.2, 0) is 4.74 Å². The van der Waals surface area contributed by atoms with Gasteiger partial charge < -0.3 is 15.2 Å². The minimum Gasteiger partial charge on any atom is -0.396 e. The minimum atomic E-state index is 0.339. The predicted octanol–water partition coefficient (Wildman–Crippen LogP) is 1.16. The second kappa shape index (κ2) is 5.28. The molecule has 0 radical (unpaired) electrons. The van der Waals surface area contributed by atoms with Crippen molar-refractivity contribution >= 4 is 0 Å². The van der Waals surface area contributed by atoms with E-state index in [-0.39, 0.29) is 0 Å². The van der Waals surface area contributed by atoms with Gasteiger partial charge in [0.1, 0.15) is 0 Å². The van der Waals surface area contributed by atoms with Gasteiger partial charge in [-0.2, -0.15) is 0 Å². The highest BCUT2D eigenvalue weighted by Gasteiger charge is 2.30. The maximum absolute atomic E-state index is 9.25. The highest BCUT2D eigenvalue weighted by atomic mass is 16.5. The molecule has 0 spiro atoms. The van der Waals surface area contributed by atoms with Crippen LogP contribution in [-0.4, -0.2) is 37.0 Å². The van der Waals surface area contributed by atoms with Gasteiger partial charge in [0, 0.05) is 25.3 Å². The Hall–Kier alpha value is -0.120. The van der Waals surface area contributed by atoms with Gasteiger partial charge in [-0.15, -0.1) is 0 Å². The van der Waals surface area contributed by atoms with Crippen LogP contribution in [0.15, 0.2) is 0 Å². The Morgan fingerprint density at radius 1 is 1.40 bits per heavy atom. The number of aliphatic hydroxyl groups excluding tert-OH is 1. The molecule has 1 heterocycles. The van der Waals surface area contributed by atoms with E-state index in [1.807, 2.05) is 0 Å². The molecule has 4 unspecified atom stereocenters. The molecular weight excluding hydrogens is 190 g/mol. The molecule has 2 N–H and O–H groups in total. The average Bonchev–Trinajstić information content (AvgIpc) is 2.87. The van der Waals surface area contributed by atoms with Crippen molar-refractivity contribution in [1.82, 2.24) is 5.32 Å². The Bertz CT molecular complexity index is 192. The van der Waals surface area contributed by atoms with Crippen molar-refractivity contribution in [3.8, 4) is 0 Å². The summed E-state index contributed by atoms with van der Waals surface area (Å²) in [7, 11) is 0. The number of hydrogen-bond acceptors (Lipinski definition) is 3. The maximum atomic E-state index is 9.25. The fourth-order valence-corrected chi connectivity index (χ4v) is 2.90. The molecule has 2 fully saturated rings. The zero-order valence-corrected chi connectivity index (χ0v) is 9.61. The zero-order valence-electron chi connectivity index (χ0n) is 9.61. The van der Waals surface area contributed by atoms with E-state index in [4.69, 9.17) is 4.74 Å². The lowest BCUT2D eigenvalue weighted by molar-refractivity contribution is 0.167. The molecule has 4 atom stereocenters. The number of aliphatic hydroxyl groups is 1. The highest BCUT2D eigenvalue weighted by Crippen LogP contribution is 2.27. The normalized spacial score (nSPS) is 38.4. The van der Waals surface area contributed by atoms with Crippen LogP contribution < -0.4 is 5.32 Å². The summed E-state index contributed by atoms with van der Waals surface area (Å²) in [6, 6.07) is 1.07. The summed E-state index contributed by atoms with van der Waals surface area (Å²) in [5.74, 6) is 1.15. The first-order valence-electron chi connectivity index (χ1n) is 6.26. The first-order valence-corrected chi connectivity index (χ1v) is 6.26. The van der Waals surface area contributed by atoms with E-state index in [1.54, 1.807) is 0 Å². The zero-order chi connectivity index (χ0) is 10.7. The van der Waals surface area contributed by atoms with Crippen molar-refractivity contribution in [2.45, 2.75) is 44.7 Å². The summed E-state index contributed by atoms with van der Waals surface area (Å²) in [5, 5.41) is 12.9. The monoisotopic (exact) mass is 213 g/mol. The Balaban J connectivity index is 1.79. The highest BCUT2D eigenvalue weighted by molar-refractivity contribution is 4.87. The minimum absolute atomic E-state index is 0.339. The van der Waals surface area contributed by atoms with E-state index in [1.165, 1.54) is 25.7 Å². The van der Waals surface area contributed by atoms with Crippen molar-refractivity contribution in [3.05, 3.63) is 0 Å². The average molecular weight is 213 g/mol. The molecule has 3 nitrogen and oxygen atoms in total. The lowest BCUT2D eigenvalue weighted by Gasteiger charge is -2.27. The van der Waals surface area contributed by atoms with Gasteiger partial charge in [-0.05, 0) is 38.0 Å². The summed E-state index contributed by atoms with van der Waals surface area (Å²) in [5.41, 5.74) is 0. The number of ether oxygens (including phenoxy) is 1. The molecule has 0 aromatic rings. The van der Waals surface area contributed by atoms with Crippen LogP contribution >= 0.6 is 0 Å². The molecule has 0 aromatic carbocycles. The third-order valence-corrected chi connectivity index (χ3v) is 4.04. The topological polar surface area (TPSA) is 41.5 Å². The van der Waals surface area contributed by atoms with Gasteiger partial charge in [0.05, 0.1) is 6.61 Å². The SMILES string of the molecule is CC(NC1CCCC1CO)C1CCOC1. The Labute approximate surface area is 92.2 Å². The lowest BCUT2D eigenvalue weighted by atomic mass is 9.97. The van der Waals surface area contributed by atoms with Gasteiger partial charge in [-0.25, -0.2) is 0 Å². The first kappa shape index (κ1) is 11.4. The number of nitrogens with one attached hydrogen (secondary N) is 1.